The molecule has 1 aromatic heterocycles. The predicted octanol–water partition coefficient (Wildman–Crippen LogP) is 6.29. The van der Waals surface area contributed by atoms with Crippen LogP contribution in [0.4, 0.5) is 10.1 Å². The average molecular weight is 709 g/mol. The summed E-state index contributed by atoms with van der Waals surface area (Å²) < 4.78 is 32.1. The average Bonchev–Trinajstić information content (AvgIpc) is 3.50. The number of aliphatic hydroxyl groups is 1. The topological polar surface area (TPSA) is 88.1 Å². The first kappa shape index (κ1) is 30.3. The molecule has 5 nitrogen and oxygen atoms in total. The van der Waals surface area contributed by atoms with Gasteiger partial charge < -0.3 is 10.4 Å². The first-order valence-electron chi connectivity index (χ1n) is 11.1. The van der Waals surface area contributed by atoms with Crippen molar-refractivity contribution in [2.75, 3.05) is 19.9 Å². The largest absolute Gasteiger partial charge is 0.684 e. The number of fused-ring (bicyclic) bond motifs is 2. The number of rotatable bonds is 2. The van der Waals surface area contributed by atoms with Crippen molar-refractivity contribution in [1.29, 1.82) is 4.78 Å². The maximum absolute atomic E-state index is 13.4. The van der Waals surface area contributed by atoms with Crippen LogP contribution >= 0.6 is 0 Å². The number of halogens is 1. The monoisotopic (exact) mass is 708 g/mol. The molecule has 1 aliphatic carbocycles. The number of aryl methyl sites for hydroxylation is 2. The van der Waals surface area contributed by atoms with Crippen LogP contribution in [0.5, 0.6) is 0 Å². The molecule has 2 heterocycles. The minimum absolute atomic E-state index is 0. The maximum atomic E-state index is 13.4. The molecule has 1 unspecified atom stereocenters. The molecule has 2 N–H and O–H groups in total. The van der Waals surface area contributed by atoms with E-state index in [-0.39, 0.29) is 36.0 Å². The quantitative estimate of drug-likeness (QED) is 0.328. The van der Waals surface area contributed by atoms with E-state index in [1.807, 2.05) is 32.2 Å². The number of hydrogen-bond acceptors (Lipinski definition) is 4. The van der Waals surface area contributed by atoms with Crippen LogP contribution in [0.25, 0.3) is 16.6 Å². The molecule has 1 aliphatic heterocycles. The van der Waals surface area contributed by atoms with Gasteiger partial charge in [-0.25, -0.2) is 13.4 Å². The smallest absolute Gasteiger partial charge is 0.140 e. The van der Waals surface area contributed by atoms with Crippen molar-refractivity contribution in [3.05, 3.63) is 82.6 Å². The summed E-state index contributed by atoms with van der Waals surface area (Å²) in [4.78, 5) is 4.33. The zero-order chi connectivity index (χ0) is 24.4. The van der Waals surface area contributed by atoms with E-state index < -0.39 is 15.5 Å². The third kappa shape index (κ3) is 7.91. The second kappa shape index (κ2) is 14.6. The summed E-state index contributed by atoms with van der Waals surface area (Å²) in [5.74, 6) is -0.552. The third-order valence-corrected chi connectivity index (χ3v) is 6.43. The Hall–Kier alpha value is -1.72. The summed E-state index contributed by atoms with van der Waals surface area (Å²) in [6.07, 6.45) is 7.58. The third-order valence-electron chi connectivity index (χ3n) is 5.28. The summed E-state index contributed by atoms with van der Waals surface area (Å²) in [5, 5.41) is 11.1. The van der Waals surface area contributed by atoms with E-state index in [0.29, 0.717) is 12.2 Å². The van der Waals surface area contributed by atoms with E-state index in [4.69, 9.17) is 9.89 Å². The molecule has 0 radical (unpaired) electrons. The first-order chi connectivity index (χ1) is 15.9. The normalized spacial score (nSPS) is 14.1. The van der Waals surface area contributed by atoms with Gasteiger partial charge in [-0.2, -0.15) is 0 Å². The molecule has 1 atom stereocenters. The van der Waals surface area contributed by atoms with Gasteiger partial charge in [-0.1, -0.05) is 43.7 Å². The number of benzene rings is 2. The van der Waals surface area contributed by atoms with Crippen molar-refractivity contribution in [2.45, 2.75) is 44.4 Å². The van der Waals surface area contributed by atoms with Gasteiger partial charge in [0.05, 0.1) is 20.3 Å². The number of pyridine rings is 1. The van der Waals surface area contributed by atoms with Crippen molar-refractivity contribution in [2.24, 2.45) is 0 Å². The summed E-state index contributed by atoms with van der Waals surface area (Å²) in [7, 11) is -1.99. The van der Waals surface area contributed by atoms with Crippen LogP contribution in [0, 0.1) is 41.7 Å². The van der Waals surface area contributed by atoms with E-state index in [1.54, 1.807) is 0 Å². The van der Waals surface area contributed by atoms with Gasteiger partial charge in [0.15, 0.2) is 0 Å². The molecule has 0 bridgehead atoms. The Morgan fingerprint density at radius 1 is 1.00 bits per heavy atom. The summed E-state index contributed by atoms with van der Waals surface area (Å²) in [5.41, 5.74) is 6.88. The first-order valence-corrected chi connectivity index (χ1v) is 13.1. The molecular formula is C26H33FN3O2SU-. The van der Waals surface area contributed by atoms with Crippen LogP contribution in [-0.4, -0.2) is 34.2 Å². The predicted molar refractivity (Wildman–Crippen MR) is 134 cm³/mol. The van der Waals surface area contributed by atoms with E-state index in [9.17, 15) is 8.60 Å². The molecule has 3 aromatic rings. The van der Waals surface area contributed by atoms with Crippen molar-refractivity contribution >= 4 is 15.4 Å². The molecule has 0 amide bonds. The Morgan fingerprint density at radius 3 is 2.35 bits per heavy atom. The van der Waals surface area contributed by atoms with Crippen LogP contribution in [0.2, 0.25) is 0 Å². The van der Waals surface area contributed by atoms with Crippen LogP contribution in [0.15, 0.2) is 59.6 Å². The Bertz CT molecular complexity index is 1160. The van der Waals surface area contributed by atoms with Gasteiger partial charge in [-0.05, 0) is 61.1 Å². The molecule has 0 spiro atoms. The van der Waals surface area contributed by atoms with Crippen molar-refractivity contribution < 1.29 is 44.8 Å². The molecule has 0 fully saturated rings. The Labute approximate surface area is 227 Å². The van der Waals surface area contributed by atoms with E-state index in [1.165, 1.54) is 54.3 Å². The van der Waals surface area contributed by atoms with Crippen molar-refractivity contribution in [3.8, 4) is 11.3 Å². The maximum Gasteiger partial charge on any atom is 0.140 e. The second-order valence-corrected chi connectivity index (χ2v) is 9.57. The molecule has 5 rings (SSSR count). The Kier molecular flexibility index (Phi) is 13.0. The molecule has 8 heteroatoms. The second-order valence-electron chi connectivity index (χ2n) is 7.44. The zero-order valence-electron chi connectivity index (χ0n) is 20.3. The van der Waals surface area contributed by atoms with Gasteiger partial charge in [0, 0.05) is 56.2 Å². The van der Waals surface area contributed by atoms with Gasteiger partial charge in [0.1, 0.15) is 5.82 Å². The van der Waals surface area contributed by atoms with Crippen molar-refractivity contribution in [1.82, 2.24) is 4.98 Å². The SMILES string of the molecule is CC.CO.CS(=N)(=O)c1cc2c(cc1F)CC[N-]2.[U].c1ccc(-c2ccc3c(c2)CCC3)nc1. The van der Waals surface area contributed by atoms with E-state index >= 15 is 0 Å². The van der Waals surface area contributed by atoms with Crippen LogP contribution < -0.4 is 0 Å². The Morgan fingerprint density at radius 2 is 1.71 bits per heavy atom. The van der Waals surface area contributed by atoms with E-state index in [2.05, 4.69) is 34.6 Å². The van der Waals surface area contributed by atoms with E-state index in [0.717, 1.165) is 24.8 Å². The van der Waals surface area contributed by atoms with Gasteiger partial charge in [0.25, 0.3) is 0 Å². The van der Waals surface area contributed by atoms with Gasteiger partial charge >= 0.3 is 0 Å². The van der Waals surface area contributed by atoms with Crippen molar-refractivity contribution in [3.63, 3.8) is 0 Å². The Balaban J connectivity index is 0.000000290. The fraction of sp³-hybridized carbons (Fsp3) is 0.346. The minimum Gasteiger partial charge on any atom is -0.684 e. The van der Waals surface area contributed by atoms with Crippen LogP contribution in [0.1, 0.15) is 37.0 Å². The standard InChI is InChI=1S/C14H13N.C9H10FN2OS.C2H6.CH4O.U/c1-2-9-15-14(6-1)13-8-7-11-4-3-5-12(11)10-13;1-14(11,13)9-5-8-6(2-3-12-8)4-7(9)10;2*1-2;/h1-2,6-10H,3-5H2;4-5,11H,2-3H2,1H3;1-2H3;2H,1H3;/q;-1;;;. The van der Waals surface area contributed by atoms with Crippen LogP contribution in [-0.2, 0) is 29.0 Å². The molecular weight excluding hydrogens is 675 g/mol. The summed E-state index contributed by atoms with van der Waals surface area (Å²) >= 11 is 0. The van der Waals surface area contributed by atoms with Gasteiger partial charge in [0.2, 0.25) is 0 Å². The zero-order valence-corrected chi connectivity index (χ0v) is 25.2. The fourth-order valence-electron chi connectivity index (χ4n) is 3.79. The molecule has 2 aromatic carbocycles. The number of aliphatic hydroxyl groups excluding tert-OH is 1. The molecule has 2 aliphatic rings. The fourth-order valence-corrected chi connectivity index (χ4v) is 4.56. The van der Waals surface area contributed by atoms with Gasteiger partial charge in [-0.3, -0.25) is 4.98 Å². The number of nitrogens with zero attached hydrogens (tertiary/aromatic N) is 2. The molecule has 0 saturated heterocycles. The number of aromatic nitrogens is 1. The van der Waals surface area contributed by atoms with Crippen LogP contribution in [0.3, 0.4) is 0 Å². The van der Waals surface area contributed by atoms with Gasteiger partial charge in [-0.15, -0.1) is 12.2 Å². The minimum atomic E-state index is -2.99. The molecule has 182 valence electrons. The number of nitrogens with one attached hydrogen (secondary N) is 1. The number of hydrogen-bond donors (Lipinski definition) is 2. The summed E-state index contributed by atoms with van der Waals surface area (Å²) in [6, 6.07) is 15.6. The summed E-state index contributed by atoms with van der Waals surface area (Å²) in [6.45, 7) is 4.65. The molecule has 0 saturated carbocycles. The molecule has 34 heavy (non-hydrogen) atoms.